The van der Waals surface area contributed by atoms with Crippen LogP contribution in [0.4, 0.5) is 0 Å². The lowest BCUT2D eigenvalue weighted by Crippen LogP contribution is -2.56. The van der Waals surface area contributed by atoms with Gasteiger partial charge in [0.25, 0.3) is 5.91 Å². The van der Waals surface area contributed by atoms with E-state index in [0.29, 0.717) is 31.5 Å². The summed E-state index contributed by atoms with van der Waals surface area (Å²) in [5.41, 5.74) is 0.672. The number of para-hydroxylation sites is 1. The van der Waals surface area contributed by atoms with Gasteiger partial charge in [0.15, 0.2) is 0 Å². The largest absolute Gasteiger partial charge is 0.481 e. The van der Waals surface area contributed by atoms with Crippen molar-refractivity contribution in [2.24, 2.45) is 5.92 Å². The highest BCUT2D eigenvalue weighted by atomic mass is 16.4. The Labute approximate surface area is 156 Å². The number of carbonyl (C=O) groups excluding carboxylic acids is 2. The number of pyridine rings is 1. The molecule has 1 spiro atoms. The van der Waals surface area contributed by atoms with Crippen LogP contribution in [-0.4, -0.2) is 63.4 Å². The topological polar surface area (TPSA) is 90.8 Å². The zero-order chi connectivity index (χ0) is 19.2. The monoisotopic (exact) mass is 367 g/mol. The van der Waals surface area contributed by atoms with Gasteiger partial charge in [0.2, 0.25) is 5.91 Å². The number of hydrogen-bond donors (Lipinski definition) is 1. The molecule has 2 fully saturated rings. The molecule has 2 saturated heterocycles. The lowest BCUT2D eigenvalue weighted by molar-refractivity contribution is -0.145. The Kier molecular flexibility index (Phi) is 4.09. The predicted octanol–water partition coefficient (Wildman–Crippen LogP) is 1.77. The van der Waals surface area contributed by atoms with Crippen molar-refractivity contribution in [2.45, 2.75) is 24.8 Å². The zero-order valence-electron chi connectivity index (χ0n) is 15.1. The minimum atomic E-state index is -0.937. The fourth-order valence-corrected chi connectivity index (χ4v) is 4.53. The van der Waals surface area contributed by atoms with E-state index < -0.39 is 17.4 Å². The van der Waals surface area contributed by atoms with Gasteiger partial charge in [-0.3, -0.25) is 19.4 Å². The van der Waals surface area contributed by atoms with Crippen molar-refractivity contribution in [1.82, 2.24) is 14.8 Å². The number of likely N-dealkylation sites (tertiary alicyclic amines) is 2. The van der Waals surface area contributed by atoms with Crippen LogP contribution in [0.25, 0.3) is 10.9 Å². The lowest BCUT2D eigenvalue weighted by atomic mass is 9.77. The van der Waals surface area contributed by atoms with Gasteiger partial charge in [-0.1, -0.05) is 18.2 Å². The third-order valence-corrected chi connectivity index (χ3v) is 6.16. The van der Waals surface area contributed by atoms with Crippen molar-refractivity contribution in [3.63, 3.8) is 0 Å². The van der Waals surface area contributed by atoms with Crippen molar-refractivity contribution >= 4 is 28.7 Å². The molecule has 1 aromatic heterocycles. The van der Waals surface area contributed by atoms with Crippen LogP contribution in [0.3, 0.4) is 0 Å². The van der Waals surface area contributed by atoms with E-state index in [4.69, 9.17) is 0 Å². The fourth-order valence-electron chi connectivity index (χ4n) is 4.53. The molecule has 1 atom stereocenters. The number of fused-ring (bicyclic) bond motifs is 1. The van der Waals surface area contributed by atoms with Crippen molar-refractivity contribution in [2.75, 3.05) is 20.1 Å². The summed E-state index contributed by atoms with van der Waals surface area (Å²) in [7, 11) is 1.68. The number of amides is 2. The molecular weight excluding hydrogens is 346 g/mol. The predicted molar refractivity (Wildman–Crippen MR) is 98.1 cm³/mol. The second-order valence-electron chi connectivity index (χ2n) is 7.32. The Bertz CT molecular complexity index is 928. The van der Waals surface area contributed by atoms with Gasteiger partial charge in [-0.15, -0.1) is 0 Å². The second kappa shape index (κ2) is 6.33. The van der Waals surface area contributed by atoms with Gasteiger partial charge in [-0.25, -0.2) is 0 Å². The first-order valence-corrected chi connectivity index (χ1v) is 9.06. The highest BCUT2D eigenvalue weighted by Crippen LogP contribution is 2.43. The van der Waals surface area contributed by atoms with E-state index in [2.05, 4.69) is 4.98 Å². The fraction of sp³-hybridized carbons (Fsp3) is 0.400. The first-order chi connectivity index (χ1) is 12.9. The summed E-state index contributed by atoms with van der Waals surface area (Å²) >= 11 is 0. The van der Waals surface area contributed by atoms with Crippen LogP contribution in [0.5, 0.6) is 0 Å². The molecule has 2 aromatic rings. The summed E-state index contributed by atoms with van der Waals surface area (Å²) in [5, 5.41) is 10.4. The average molecular weight is 367 g/mol. The van der Waals surface area contributed by atoms with Crippen molar-refractivity contribution in [3.05, 3.63) is 42.1 Å². The molecule has 2 aliphatic heterocycles. The first-order valence-electron chi connectivity index (χ1n) is 9.06. The number of hydrogen-bond acceptors (Lipinski definition) is 4. The standard InChI is InChI=1S/C20H21N3O4/c1-22-17(24)12-15(19(26)27)20(22)7-10-23(11-8-20)18(25)14-6-9-21-16-5-3-2-4-13(14)16/h2-6,9,15H,7-8,10-12H2,1H3,(H,26,27)/t15-/m0/s1. The van der Waals surface area contributed by atoms with Crippen molar-refractivity contribution in [3.8, 4) is 0 Å². The Balaban J connectivity index is 1.58. The number of benzene rings is 1. The van der Waals surface area contributed by atoms with Crippen LogP contribution >= 0.6 is 0 Å². The molecule has 0 saturated carbocycles. The highest BCUT2D eigenvalue weighted by molar-refractivity contribution is 6.06. The molecule has 27 heavy (non-hydrogen) atoms. The van der Waals surface area contributed by atoms with Crippen LogP contribution in [-0.2, 0) is 9.59 Å². The summed E-state index contributed by atoms with van der Waals surface area (Å²) in [6.07, 6.45) is 2.61. The molecule has 1 aromatic carbocycles. The maximum Gasteiger partial charge on any atom is 0.309 e. The quantitative estimate of drug-likeness (QED) is 0.874. The van der Waals surface area contributed by atoms with E-state index in [9.17, 15) is 19.5 Å². The zero-order valence-corrected chi connectivity index (χ0v) is 15.1. The molecule has 7 heteroatoms. The Morgan fingerprint density at radius 2 is 1.89 bits per heavy atom. The van der Waals surface area contributed by atoms with Crippen molar-refractivity contribution in [1.29, 1.82) is 0 Å². The lowest BCUT2D eigenvalue weighted by Gasteiger charge is -2.45. The first kappa shape index (κ1) is 17.5. The minimum Gasteiger partial charge on any atom is -0.481 e. The number of carbonyl (C=O) groups is 3. The molecule has 0 unspecified atom stereocenters. The van der Waals surface area contributed by atoms with Gasteiger partial charge in [0, 0.05) is 38.1 Å². The van der Waals surface area contributed by atoms with Gasteiger partial charge < -0.3 is 14.9 Å². The summed E-state index contributed by atoms with van der Waals surface area (Å²) in [5.74, 6) is -1.87. The summed E-state index contributed by atoms with van der Waals surface area (Å²) < 4.78 is 0. The molecule has 140 valence electrons. The summed E-state index contributed by atoms with van der Waals surface area (Å²) in [6, 6.07) is 9.23. The van der Waals surface area contributed by atoms with E-state index in [-0.39, 0.29) is 18.2 Å². The van der Waals surface area contributed by atoms with Crippen LogP contribution in [0.1, 0.15) is 29.6 Å². The Morgan fingerprint density at radius 1 is 1.19 bits per heavy atom. The van der Waals surface area contributed by atoms with E-state index in [0.717, 1.165) is 10.9 Å². The van der Waals surface area contributed by atoms with E-state index >= 15 is 0 Å². The molecule has 0 aliphatic carbocycles. The number of carboxylic acids is 1. The van der Waals surface area contributed by atoms with Gasteiger partial charge in [0.05, 0.1) is 22.5 Å². The molecule has 7 nitrogen and oxygen atoms in total. The van der Waals surface area contributed by atoms with Gasteiger partial charge in [-0.05, 0) is 25.0 Å². The molecule has 4 rings (SSSR count). The normalized spacial score (nSPS) is 21.8. The molecule has 2 aliphatic rings. The molecule has 0 radical (unpaired) electrons. The van der Waals surface area contributed by atoms with Crippen LogP contribution in [0, 0.1) is 5.92 Å². The van der Waals surface area contributed by atoms with Gasteiger partial charge >= 0.3 is 5.97 Å². The number of rotatable bonds is 2. The Hall–Kier alpha value is -2.96. The molecule has 1 N–H and O–H groups in total. The number of carboxylic acid groups (broad SMARTS) is 1. The maximum atomic E-state index is 13.1. The molecule has 0 bridgehead atoms. The van der Waals surface area contributed by atoms with Crippen LogP contribution < -0.4 is 0 Å². The van der Waals surface area contributed by atoms with Crippen molar-refractivity contribution < 1.29 is 19.5 Å². The highest BCUT2D eigenvalue weighted by Gasteiger charge is 2.55. The smallest absolute Gasteiger partial charge is 0.309 e. The number of nitrogens with zero attached hydrogens (tertiary/aromatic N) is 3. The van der Waals surface area contributed by atoms with Crippen LogP contribution in [0.2, 0.25) is 0 Å². The van der Waals surface area contributed by atoms with Gasteiger partial charge in [0.1, 0.15) is 0 Å². The van der Waals surface area contributed by atoms with E-state index in [1.807, 2.05) is 24.3 Å². The maximum absolute atomic E-state index is 13.1. The third kappa shape index (κ3) is 2.65. The summed E-state index contributed by atoms with van der Waals surface area (Å²) in [4.78, 5) is 44.5. The third-order valence-electron chi connectivity index (χ3n) is 6.16. The average Bonchev–Trinajstić information content (AvgIpc) is 2.93. The molecule has 2 amide bonds. The number of aliphatic carboxylic acids is 1. The molecular formula is C20H21N3O4. The summed E-state index contributed by atoms with van der Waals surface area (Å²) in [6.45, 7) is 0.855. The van der Waals surface area contributed by atoms with E-state index in [1.165, 1.54) is 0 Å². The number of piperidine rings is 1. The second-order valence-corrected chi connectivity index (χ2v) is 7.32. The minimum absolute atomic E-state index is 0.0365. The Morgan fingerprint density at radius 3 is 2.59 bits per heavy atom. The number of aromatic nitrogens is 1. The SMILES string of the molecule is CN1C(=O)C[C@@H](C(=O)O)C12CCN(C(=O)c1ccnc3ccccc13)CC2. The van der Waals surface area contributed by atoms with Gasteiger partial charge in [-0.2, -0.15) is 0 Å². The molecule has 3 heterocycles. The van der Waals surface area contributed by atoms with E-state index in [1.54, 1.807) is 29.1 Å². The van der Waals surface area contributed by atoms with Crippen LogP contribution in [0.15, 0.2) is 36.5 Å².